The summed E-state index contributed by atoms with van der Waals surface area (Å²) in [5.74, 6) is 0.940. The van der Waals surface area contributed by atoms with Crippen molar-refractivity contribution in [3.8, 4) is 11.1 Å². The van der Waals surface area contributed by atoms with Gasteiger partial charge in [0.15, 0.2) is 0 Å². The van der Waals surface area contributed by atoms with Gasteiger partial charge in [-0.15, -0.1) is 11.3 Å². The van der Waals surface area contributed by atoms with Crippen molar-refractivity contribution in [3.05, 3.63) is 70.3 Å². The highest BCUT2D eigenvalue weighted by atomic mass is 79.9. The molecule has 2 aromatic heterocycles. The predicted octanol–water partition coefficient (Wildman–Crippen LogP) is 6.45. The lowest BCUT2D eigenvalue weighted by Gasteiger charge is -2.19. The van der Waals surface area contributed by atoms with E-state index in [1.165, 1.54) is 16.0 Å². The minimum atomic E-state index is 0.940. The van der Waals surface area contributed by atoms with Gasteiger partial charge in [0, 0.05) is 27.6 Å². The third kappa shape index (κ3) is 3.02. The van der Waals surface area contributed by atoms with E-state index >= 15 is 0 Å². The Morgan fingerprint density at radius 1 is 1.00 bits per heavy atom. The number of rotatable bonds is 4. The molecular weight excluding hydrogens is 406 g/mol. The van der Waals surface area contributed by atoms with Gasteiger partial charge >= 0.3 is 0 Å². The lowest BCUT2D eigenvalue weighted by atomic mass is 10.0. The molecule has 0 N–H and O–H groups in total. The Morgan fingerprint density at radius 3 is 2.42 bits per heavy atom. The van der Waals surface area contributed by atoms with Crippen molar-refractivity contribution < 1.29 is 0 Å². The maximum atomic E-state index is 4.65. The van der Waals surface area contributed by atoms with Gasteiger partial charge in [-0.1, -0.05) is 53.2 Å². The molecule has 4 aromatic rings. The summed E-state index contributed by atoms with van der Waals surface area (Å²) in [4.78, 5) is 13.7. The molecule has 4 rings (SSSR count). The second kappa shape index (κ2) is 7.17. The number of aryl methyl sites for hydroxylation is 1. The molecule has 0 saturated carbocycles. The van der Waals surface area contributed by atoms with Crippen LogP contribution < -0.4 is 4.90 Å². The number of para-hydroxylation sites is 1. The van der Waals surface area contributed by atoms with Gasteiger partial charge in [0.05, 0.1) is 5.39 Å². The fourth-order valence-corrected chi connectivity index (χ4v) is 4.52. The molecule has 0 fully saturated rings. The standard InChI is InChI=1S/C21H18BrN3S/c1-3-17-18(14-9-11-15(22)12-10-14)19-20(23-13-24-21(19)26-17)25(2)16-7-5-4-6-8-16/h4-13H,3H2,1-2H3. The highest BCUT2D eigenvalue weighted by Crippen LogP contribution is 2.43. The molecule has 0 radical (unpaired) electrons. The van der Waals surface area contributed by atoms with E-state index in [1.54, 1.807) is 17.7 Å². The van der Waals surface area contributed by atoms with Gasteiger partial charge < -0.3 is 4.90 Å². The van der Waals surface area contributed by atoms with Gasteiger partial charge in [0.1, 0.15) is 17.0 Å². The van der Waals surface area contributed by atoms with Crippen LogP contribution in [0.3, 0.4) is 0 Å². The molecule has 0 spiro atoms. The molecule has 0 aliphatic rings. The predicted molar refractivity (Wildman–Crippen MR) is 114 cm³/mol. The number of aromatic nitrogens is 2. The van der Waals surface area contributed by atoms with Crippen LogP contribution >= 0.6 is 27.3 Å². The van der Waals surface area contributed by atoms with E-state index in [1.807, 2.05) is 18.2 Å². The van der Waals surface area contributed by atoms with Gasteiger partial charge in [0.2, 0.25) is 0 Å². The molecule has 0 atom stereocenters. The highest BCUT2D eigenvalue weighted by Gasteiger charge is 2.20. The number of halogens is 1. The molecule has 0 amide bonds. The van der Waals surface area contributed by atoms with Crippen LogP contribution in [-0.2, 0) is 6.42 Å². The van der Waals surface area contributed by atoms with Crippen LogP contribution in [0.2, 0.25) is 0 Å². The molecule has 2 heterocycles. The summed E-state index contributed by atoms with van der Waals surface area (Å²) in [5.41, 5.74) is 3.56. The van der Waals surface area contributed by atoms with Crippen molar-refractivity contribution in [2.75, 3.05) is 11.9 Å². The number of anilines is 2. The molecular formula is C21H18BrN3S. The van der Waals surface area contributed by atoms with E-state index < -0.39 is 0 Å². The summed E-state index contributed by atoms with van der Waals surface area (Å²) in [7, 11) is 2.06. The normalized spacial score (nSPS) is 11.0. The van der Waals surface area contributed by atoms with Crippen LogP contribution in [0.5, 0.6) is 0 Å². The second-order valence-corrected chi connectivity index (χ2v) is 8.03. The zero-order chi connectivity index (χ0) is 18.1. The number of hydrogen-bond acceptors (Lipinski definition) is 4. The topological polar surface area (TPSA) is 29.0 Å². The highest BCUT2D eigenvalue weighted by molar-refractivity contribution is 9.10. The Kier molecular flexibility index (Phi) is 4.74. The van der Waals surface area contributed by atoms with Gasteiger partial charge in [-0.3, -0.25) is 0 Å². The summed E-state index contributed by atoms with van der Waals surface area (Å²) in [5, 5.41) is 1.13. The van der Waals surface area contributed by atoms with Crippen molar-refractivity contribution in [2.24, 2.45) is 0 Å². The fraction of sp³-hybridized carbons (Fsp3) is 0.143. The van der Waals surface area contributed by atoms with Crippen LogP contribution in [0.1, 0.15) is 11.8 Å². The lowest BCUT2D eigenvalue weighted by molar-refractivity contribution is 1.11. The summed E-state index contributed by atoms with van der Waals surface area (Å²) in [6.45, 7) is 2.20. The molecule has 0 saturated heterocycles. The molecule has 3 nitrogen and oxygen atoms in total. The van der Waals surface area contributed by atoms with Crippen LogP contribution in [0.15, 0.2) is 65.4 Å². The summed E-state index contributed by atoms with van der Waals surface area (Å²) in [6.07, 6.45) is 2.64. The zero-order valence-electron chi connectivity index (χ0n) is 14.6. The average Bonchev–Trinajstić information content (AvgIpc) is 3.07. The molecule has 2 aromatic carbocycles. The number of hydrogen-bond donors (Lipinski definition) is 0. The first-order chi connectivity index (χ1) is 12.7. The van der Waals surface area contributed by atoms with Crippen LogP contribution in [-0.4, -0.2) is 17.0 Å². The fourth-order valence-electron chi connectivity index (χ4n) is 3.16. The van der Waals surface area contributed by atoms with Gasteiger partial charge in [-0.2, -0.15) is 0 Å². The Labute approximate surface area is 165 Å². The van der Waals surface area contributed by atoms with Crippen molar-refractivity contribution in [1.29, 1.82) is 0 Å². The van der Waals surface area contributed by atoms with Crippen molar-refractivity contribution in [1.82, 2.24) is 9.97 Å². The van der Waals surface area contributed by atoms with Crippen LogP contribution in [0, 0.1) is 0 Å². The van der Waals surface area contributed by atoms with E-state index in [0.717, 1.165) is 32.6 Å². The Morgan fingerprint density at radius 2 is 1.73 bits per heavy atom. The van der Waals surface area contributed by atoms with E-state index in [9.17, 15) is 0 Å². The average molecular weight is 424 g/mol. The first-order valence-electron chi connectivity index (χ1n) is 8.50. The Hall–Kier alpha value is -2.24. The largest absolute Gasteiger partial charge is 0.329 e. The number of nitrogens with zero attached hydrogens (tertiary/aromatic N) is 3. The molecule has 5 heteroatoms. The third-order valence-corrected chi connectivity index (χ3v) is 6.23. The minimum absolute atomic E-state index is 0.940. The van der Waals surface area contributed by atoms with Crippen molar-refractivity contribution >= 4 is 49.0 Å². The third-order valence-electron chi connectivity index (χ3n) is 4.46. The van der Waals surface area contributed by atoms with Gasteiger partial charge in [-0.05, 0) is 36.2 Å². The maximum Gasteiger partial charge on any atom is 0.145 e. The Balaban J connectivity index is 1.98. The van der Waals surface area contributed by atoms with Gasteiger partial charge in [0.25, 0.3) is 0 Å². The molecule has 0 unspecified atom stereocenters. The molecule has 130 valence electrons. The zero-order valence-corrected chi connectivity index (χ0v) is 17.0. The maximum absolute atomic E-state index is 4.65. The molecule has 0 bridgehead atoms. The molecule has 0 aliphatic carbocycles. The molecule has 26 heavy (non-hydrogen) atoms. The van der Waals surface area contributed by atoms with Gasteiger partial charge in [-0.25, -0.2) is 9.97 Å². The number of thiophene rings is 1. The number of benzene rings is 2. The van der Waals surface area contributed by atoms with E-state index in [4.69, 9.17) is 0 Å². The molecule has 0 aliphatic heterocycles. The SMILES string of the molecule is CCc1sc2ncnc(N(C)c3ccccc3)c2c1-c1ccc(Br)cc1. The smallest absolute Gasteiger partial charge is 0.145 e. The van der Waals surface area contributed by atoms with Crippen molar-refractivity contribution in [2.45, 2.75) is 13.3 Å². The summed E-state index contributed by atoms with van der Waals surface area (Å²) < 4.78 is 1.08. The Bertz CT molecular complexity index is 1040. The van der Waals surface area contributed by atoms with E-state index in [0.29, 0.717) is 0 Å². The monoisotopic (exact) mass is 423 g/mol. The van der Waals surface area contributed by atoms with E-state index in [2.05, 4.69) is 81.2 Å². The summed E-state index contributed by atoms with van der Waals surface area (Å²) in [6, 6.07) is 18.8. The van der Waals surface area contributed by atoms with E-state index in [-0.39, 0.29) is 0 Å². The quantitative estimate of drug-likeness (QED) is 0.377. The lowest BCUT2D eigenvalue weighted by Crippen LogP contribution is -2.11. The first kappa shape index (κ1) is 17.2. The van der Waals surface area contributed by atoms with Crippen molar-refractivity contribution in [3.63, 3.8) is 0 Å². The summed E-state index contributed by atoms with van der Waals surface area (Å²) >= 11 is 5.29. The second-order valence-electron chi connectivity index (χ2n) is 6.03. The first-order valence-corrected chi connectivity index (χ1v) is 10.1. The van der Waals surface area contributed by atoms with Crippen LogP contribution in [0.25, 0.3) is 21.3 Å². The number of fused-ring (bicyclic) bond motifs is 1. The minimum Gasteiger partial charge on any atom is -0.329 e. The van der Waals surface area contributed by atoms with Crippen LogP contribution in [0.4, 0.5) is 11.5 Å².